The summed E-state index contributed by atoms with van der Waals surface area (Å²) in [4.78, 5) is 12.8. The quantitative estimate of drug-likeness (QED) is 0.698. The molecule has 0 aliphatic rings. The highest BCUT2D eigenvalue weighted by Crippen LogP contribution is 2.11. The van der Waals surface area contributed by atoms with Gasteiger partial charge in [-0.1, -0.05) is 18.8 Å². The van der Waals surface area contributed by atoms with Crippen molar-refractivity contribution in [1.82, 2.24) is 4.90 Å². The number of nitrogens with two attached hydrogens (primary N) is 1. The Kier molecular flexibility index (Phi) is 7.18. The lowest BCUT2D eigenvalue weighted by atomic mass is 10.2. The summed E-state index contributed by atoms with van der Waals surface area (Å²) in [7, 11) is 0. The Hall–Kier alpha value is -2.03. The SMILES string of the molecule is CCN(CCOc1ccc(C#CCO)cc1)CC(N)=O. The molecule has 1 aromatic rings. The second-order valence-corrected chi connectivity index (χ2v) is 4.17. The minimum atomic E-state index is -0.335. The number of carbonyl (C=O) groups is 1. The van der Waals surface area contributed by atoms with Crippen LogP contribution in [0.2, 0.25) is 0 Å². The minimum absolute atomic E-state index is 0.148. The average molecular weight is 276 g/mol. The fourth-order valence-corrected chi connectivity index (χ4v) is 1.64. The average Bonchev–Trinajstić information content (AvgIpc) is 2.45. The van der Waals surface area contributed by atoms with Gasteiger partial charge in [0.15, 0.2) is 0 Å². The first-order valence-electron chi connectivity index (χ1n) is 6.49. The van der Waals surface area contributed by atoms with E-state index in [2.05, 4.69) is 11.8 Å². The lowest BCUT2D eigenvalue weighted by molar-refractivity contribution is -0.119. The Morgan fingerprint density at radius 3 is 2.65 bits per heavy atom. The third-order valence-electron chi connectivity index (χ3n) is 2.67. The van der Waals surface area contributed by atoms with Gasteiger partial charge in [0.25, 0.3) is 0 Å². The molecule has 0 spiro atoms. The molecule has 20 heavy (non-hydrogen) atoms. The Morgan fingerprint density at radius 1 is 1.40 bits per heavy atom. The summed E-state index contributed by atoms with van der Waals surface area (Å²) in [6.07, 6.45) is 0. The number of aliphatic hydroxyl groups excluding tert-OH is 1. The zero-order chi connectivity index (χ0) is 14.8. The maximum absolute atomic E-state index is 10.8. The molecule has 0 unspecified atom stereocenters. The lowest BCUT2D eigenvalue weighted by Crippen LogP contribution is -2.36. The standard InChI is InChI=1S/C15H20N2O3/c1-2-17(12-15(16)19)9-11-20-14-7-5-13(6-8-14)4-3-10-18/h5-8,18H,2,9-12H2,1H3,(H2,16,19). The molecule has 0 heterocycles. The second-order valence-electron chi connectivity index (χ2n) is 4.17. The molecule has 5 nitrogen and oxygen atoms in total. The Bertz CT molecular complexity index is 474. The number of ether oxygens (including phenoxy) is 1. The number of carbonyl (C=O) groups excluding carboxylic acids is 1. The first-order valence-corrected chi connectivity index (χ1v) is 6.49. The van der Waals surface area contributed by atoms with Crippen LogP contribution in [0.3, 0.4) is 0 Å². The summed E-state index contributed by atoms with van der Waals surface area (Å²) in [5.74, 6) is 5.80. The van der Waals surface area contributed by atoms with E-state index in [0.29, 0.717) is 13.2 Å². The van der Waals surface area contributed by atoms with Crippen LogP contribution in [0.5, 0.6) is 5.75 Å². The number of aliphatic hydroxyl groups is 1. The summed E-state index contributed by atoms with van der Waals surface area (Å²) in [5, 5.41) is 8.60. The molecule has 1 rings (SSSR count). The topological polar surface area (TPSA) is 75.8 Å². The third kappa shape index (κ3) is 6.23. The monoisotopic (exact) mass is 276 g/mol. The molecule has 3 N–H and O–H groups in total. The molecule has 0 bridgehead atoms. The molecule has 0 atom stereocenters. The van der Waals surface area contributed by atoms with Crippen molar-refractivity contribution in [2.24, 2.45) is 5.73 Å². The number of benzene rings is 1. The van der Waals surface area contributed by atoms with Crippen LogP contribution in [0.15, 0.2) is 24.3 Å². The first-order chi connectivity index (χ1) is 9.65. The predicted octanol–water partition coefficient (Wildman–Crippen LogP) is 0.216. The van der Waals surface area contributed by atoms with E-state index in [0.717, 1.165) is 17.9 Å². The molecule has 1 aromatic carbocycles. The molecule has 0 aliphatic carbocycles. The smallest absolute Gasteiger partial charge is 0.231 e. The van der Waals surface area contributed by atoms with Crippen molar-refractivity contribution < 1.29 is 14.6 Å². The van der Waals surface area contributed by atoms with Crippen LogP contribution in [0, 0.1) is 11.8 Å². The molecule has 5 heteroatoms. The molecule has 0 fully saturated rings. The summed E-state index contributed by atoms with van der Waals surface area (Å²) in [5.41, 5.74) is 5.99. The van der Waals surface area contributed by atoms with Crippen LogP contribution in [-0.2, 0) is 4.79 Å². The highest BCUT2D eigenvalue weighted by molar-refractivity contribution is 5.75. The number of nitrogens with zero attached hydrogens (tertiary/aromatic N) is 1. The molecule has 0 aromatic heterocycles. The number of primary amides is 1. The van der Waals surface area contributed by atoms with E-state index in [4.69, 9.17) is 15.6 Å². The van der Waals surface area contributed by atoms with Crippen molar-refractivity contribution in [2.75, 3.05) is 32.8 Å². The second kappa shape index (κ2) is 8.97. The maximum atomic E-state index is 10.8. The molecule has 0 saturated carbocycles. The number of rotatable bonds is 7. The van der Waals surface area contributed by atoms with E-state index >= 15 is 0 Å². The highest BCUT2D eigenvalue weighted by Gasteiger charge is 2.05. The van der Waals surface area contributed by atoms with Gasteiger partial charge in [-0.05, 0) is 30.8 Å². The van der Waals surface area contributed by atoms with Crippen molar-refractivity contribution in [2.45, 2.75) is 6.92 Å². The van der Waals surface area contributed by atoms with E-state index in [1.807, 2.05) is 36.1 Å². The predicted molar refractivity (Wildman–Crippen MR) is 77.2 cm³/mol. The van der Waals surface area contributed by atoms with Gasteiger partial charge in [0, 0.05) is 12.1 Å². The van der Waals surface area contributed by atoms with Crippen LogP contribution in [0.4, 0.5) is 0 Å². The van der Waals surface area contributed by atoms with Gasteiger partial charge in [0.2, 0.25) is 5.91 Å². The molecule has 0 aliphatic heterocycles. The van der Waals surface area contributed by atoms with Gasteiger partial charge in [-0.3, -0.25) is 9.69 Å². The van der Waals surface area contributed by atoms with Gasteiger partial charge < -0.3 is 15.6 Å². The molecule has 108 valence electrons. The lowest BCUT2D eigenvalue weighted by Gasteiger charge is -2.18. The van der Waals surface area contributed by atoms with Gasteiger partial charge >= 0.3 is 0 Å². The largest absolute Gasteiger partial charge is 0.492 e. The van der Waals surface area contributed by atoms with E-state index < -0.39 is 0 Å². The third-order valence-corrected chi connectivity index (χ3v) is 2.67. The molecular formula is C15H20N2O3. The summed E-state index contributed by atoms with van der Waals surface area (Å²) in [6.45, 7) is 3.95. The molecule has 1 amide bonds. The van der Waals surface area contributed by atoms with Crippen molar-refractivity contribution in [3.05, 3.63) is 29.8 Å². The zero-order valence-corrected chi connectivity index (χ0v) is 11.6. The van der Waals surface area contributed by atoms with E-state index in [-0.39, 0.29) is 19.1 Å². The molecule has 0 saturated heterocycles. The maximum Gasteiger partial charge on any atom is 0.231 e. The van der Waals surface area contributed by atoms with Gasteiger partial charge in [0.05, 0.1) is 6.54 Å². The number of amides is 1. The fraction of sp³-hybridized carbons (Fsp3) is 0.400. The van der Waals surface area contributed by atoms with Crippen LogP contribution in [0.25, 0.3) is 0 Å². The first kappa shape index (κ1) is 16.0. The normalized spacial score (nSPS) is 9.95. The van der Waals surface area contributed by atoms with E-state index in [9.17, 15) is 4.79 Å². The van der Waals surface area contributed by atoms with E-state index in [1.54, 1.807) is 0 Å². The number of hydrogen-bond donors (Lipinski definition) is 2. The Balaban J connectivity index is 2.39. The summed E-state index contributed by atoms with van der Waals surface area (Å²) in [6, 6.07) is 7.31. The van der Waals surface area contributed by atoms with Crippen LogP contribution >= 0.6 is 0 Å². The van der Waals surface area contributed by atoms with Crippen LogP contribution < -0.4 is 10.5 Å². The van der Waals surface area contributed by atoms with Crippen LogP contribution in [0.1, 0.15) is 12.5 Å². The van der Waals surface area contributed by atoms with Gasteiger partial charge in [-0.15, -0.1) is 0 Å². The number of likely N-dealkylation sites (N-methyl/N-ethyl adjacent to an activating group) is 1. The van der Waals surface area contributed by atoms with Crippen molar-refractivity contribution in [3.8, 4) is 17.6 Å². The summed E-state index contributed by atoms with van der Waals surface area (Å²) < 4.78 is 5.59. The van der Waals surface area contributed by atoms with Gasteiger partial charge in [-0.25, -0.2) is 0 Å². The van der Waals surface area contributed by atoms with Gasteiger partial charge in [-0.2, -0.15) is 0 Å². The Labute approximate surface area is 119 Å². The molecule has 0 radical (unpaired) electrons. The van der Waals surface area contributed by atoms with Crippen molar-refractivity contribution in [1.29, 1.82) is 0 Å². The zero-order valence-electron chi connectivity index (χ0n) is 11.6. The van der Waals surface area contributed by atoms with E-state index in [1.165, 1.54) is 0 Å². The minimum Gasteiger partial charge on any atom is -0.492 e. The van der Waals surface area contributed by atoms with Crippen molar-refractivity contribution >= 4 is 5.91 Å². The van der Waals surface area contributed by atoms with Gasteiger partial charge in [0.1, 0.15) is 19.0 Å². The summed E-state index contributed by atoms with van der Waals surface area (Å²) >= 11 is 0. The van der Waals surface area contributed by atoms with Crippen LogP contribution in [-0.4, -0.2) is 48.8 Å². The Morgan fingerprint density at radius 2 is 2.10 bits per heavy atom. The highest BCUT2D eigenvalue weighted by atomic mass is 16.5. The molecular weight excluding hydrogens is 256 g/mol. The number of hydrogen-bond acceptors (Lipinski definition) is 4. The fourth-order valence-electron chi connectivity index (χ4n) is 1.64. The van der Waals surface area contributed by atoms with Crippen molar-refractivity contribution in [3.63, 3.8) is 0 Å².